The quantitative estimate of drug-likeness (QED) is 0.339. The van der Waals surface area contributed by atoms with Crippen molar-refractivity contribution in [1.29, 1.82) is 0 Å². The molecule has 1 unspecified atom stereocenters. The summed E-state index contributed by atoms with van der Waals surface area (Å²) in [6.07, 6.45) is 1.74. The summed E-state index contributed by atoms with van der Waals surface area (Å²) in [5.74, 6) is -0.961. The molecule has 1 N–H and O–H groups in total. The first-order valence-electron chi connectivity index (χ1n) is 13.0. The molecule has 3 rings (SSSR count). The van der Waals surface area contributed by atoms with Crippen molar-refractivity contribution in [2.75, 3.05) is 23.7 Å². The van der Waals surface area contributed by atoms with Crippen LogP contribution in [0.15, 0.2) is 78.9 Å². The Bertz CT molecular complexity index is 1350. The van der Waals surface area contributed by atoms with Crippen LogP contribution in [0.25, 0.3) is 0 Å². The van der Waals surface area contributed by atoms with E-state index >= 15 is 0 Å². The molecule has 7 nitrogen and oxygen atoms in total. The van der Waals surface area contributed by atoms with Gasteiger partial charge in [0.05, 0.1) is 11.9 Å². The average molecular weight is 554 g/mol. The number of nitrogens with zero attached hydrogens (tertiary/aromatic N) is 2. The third-order valence-electron chi connectivity index (χ3n) is 6.42. The van der Waals surface area contributed by atoms with Crippen molar-refractivity contribution < 1.29 is 22.4 Å². The topological polar surface area (TPSA) is 86.8 Å². The van der Waals surface area contributed by atoms with Gasteiger partial charge in [-0.1, -0.05) is 60.7 Å². The number of aryl methyl sites for hydroxylation is 1. The number of benzene rings is 3. The summed E-state index contributed by atoms with van der Waals surface area (Å²) in [5.41, 5.74) is 2.96. The molecule has 0 bridgehead atoms. The van der Waals surface area contributed by atoms with Gasteiger partial charge in [-0.15, -0.1) is 0 Å². The second-order valence-electron chi connectivity index (χ2n) is 9.47. The molecule has 3 aromatic rings. The molecule has 0 fully saturated rings. The Kier molecular flexibility index (Phi) is 10.6. The van der Waals surface area contributed by atoms with E-state index in [4.69, 9.17) is 0 Å². The van der Waals surface area contributed by atoms with Crippen LogP contribution in [0.5, 0.6) is 0 Å². The summed E-state index contributed by atoms with van der Waals surface area (Å²) < 4.78 is 40.0. The third-order valence-corrected chi connectivity index (χ3v) is 7.60. The van der Waals surface area contributed by atoms with Crippen LogP contribution in [0.3, 0.4) is 0 Å². The molecular formula is C30H36FN3O4S. The molecule has 0 aromatic heterocycles. The Hall–Kier alpha value is -3.72. The zero-order chi connectivity index (χ0) is 28.4. The summed E-state index contributed by atoms with van der Waals surface area (Å²) >= 11 is 0. The number of sulfonamides is 1. The monoisotopic (exact) mass is 553 g/mol. The van der Waals surface area contributed by atoms with E-state index in [1.165, 1.54) is 21.3 Å². The maximum absolute atomic E-state index is 13.7. The Morgan fingerprint density at radius 3 is 2.18 bits per heavy atom. The number of rotatable bonds is 13. The summed E-state index contributed by atoms with van der Waals surface area (Å²) in [6, 6.07) is 21.7. The van der Waals surface area contributed by atoms with Crippen molar-refractivity contribution in [3.05, 3.63) is 101 Å². The number of anilines is 1. The van der Waals surface area contributed by atoms with Gasteiger partial charge in [0.15, 0.2) is 0 Å². The zero-order valence-electron chi connectivity index (χ0n) is 22.6. The second kappa shape index (κ2) is 13.9. The Balaban J connectivity index is 1.86. The van der Waals surface area contributed by atoms with Crippen molar-refractivity contribution in [3.63, 3.8) is 0 Å². The molecule has 9 heteroatoms. The average Bonchev–Trinajstić information content (AvgIpc) is 2.90. The van der Waals surface area contributed by atoms with Gasteiger partial charge in [0.1, 0.15) is 11.9 Å². The lowest BCUT2D eigenvalue weighted by molar-refractivity contribution is -0.141. The van der Waals surface area contributed by atoms with E-state index in [0.717, 1.165) is 17.4 Å². The van der Waals surface area contributed by atoms with E-state index in [1.807, 2.05) is 56.3 Å². The largest absolute Gasteiger partial charge is 0.355 e. The van der Waals surface area contributed by atoms with Gasteiger partial charge in [-0.2, -0.15) is 0 Å². The van der Waals surface area contributed by atoms with E-state index in [1.54, 1.807) is 24.3 Å². The minimum atomic E-state index is -3.58. The first-order chi connectivity index (χ1) is 18.6. The Labute approximate surface area is 230 Å². The smallest absolute Gasteiger partial charge is 0.243 e. The highest BCUT2D eigenvalue weighted by Gasteiger charge is 2.30. The fraction of sp³-hybridized carbons (Fsp3) is 0.333. The zero-order valence-corrected chi connectivity index (χ0v) is 23.5. The molecule has 39 heavy (non-hydrogen) atoms. The number of carbonyl (C=O) groups excluding carboxylic acids is 2. The molecule has 1 atom stereocenters. The second-order valence-corrected chi connectivity index (χ2v) is 11.4. The Morgan fingerprint density at radius 2 is 1.56 bits per heavy atom. The number of para-hydroxylation sites is 1. The first kappa shape index (κ1) is 29.8. The molecule has 3 aromatic carbocycles. The standard InChI is InChI=1S/C30H36FN3O4S/c1-4-32-30(36)28(21-24-12-6-5-7-13-24)33(22-25-16-18-26(31)19-17-25)29(35)15-10-20-34(39(3,37)38)27-14-9-8-11-23(27)2/h5-9,11-14,16-19,28H,4,10,15,20-22H2,1-3H3,(H,32,36). The number of amides is 2. The third kappa shape index (κ3) is 8.64. The van der Waals surface area contributed by atoms with Gasteiger partial charge >= 0.3 is 0 Å². The molecule has 0 aliphatic rings. The highest BCUT2D eigenvalue weighted by molar-refractivity contribution is 7.92. The van der Waals surface area contributed by atoms with E-state index in [2.05, 4.69) is 5.32 Å². The highest BCUT2D eigenvalue weighted by Crippen LogP contribution is 2.23. The number of hydrogen-bond donors (Lipinski definition) is 1. The lowest BCUT2D eigenvalue weighted by atomic mass is 10.0. The summed E-state index contributed by atoms with van der Waals surface area (Å²) in [7, 11) is -3.58. The lowest BCUT2D eigenvalue weighted by Crippen LogP contribution is -2.50. The van der Waals surface area contributed by atoms with Crippen molar-refractivity contribution in [1.82, 2.24) is 10.2 Å². The van der Waals surface area contributed by atoms with Crippen LogP contribution in [0.2, 0.25) is 0 Å². The van der Waals surface area contributed by atoms with Crippen LogP contribution >= 0.6 is 0 Å². The van der Waals surface area contributed by atoms with Crippen LogP contribution in [0.4, 0.5) is 10.1 Å². The van der Waals surface area contributed by atoms with E-state index in [9.17, 15) is 22.4 Å². The summed E-state index contributed by atoms with van der Waals surface area (Å²) in [6.45, 7) is 4.28. The molecular weight excluding hydrogens is 517 g/mol. The van der Waals surface area contributed by atoms with Crippen molar-refractivity contribution in [2.24, 2.45) is 0 Å². The number of likely N-dealkylation sites (N-methyl/N-ethyl adjacent to an activating group) is 1. The molecule has 0 spiro atoms. The van der Waals surface area contributed by atoms with E-state index < -0.39 is 21.9 Å². The van der Waals surface area contributed by atoms with Crippen molar-refractivity contribution >= 4 is 27.5 Å². The molecule has 0 heterocycles. The van der Waals surface area contributed by atoms with Gasteiger partial charge in [-0.05, 0) is 55.2 Å². The van der Waals surface area contributed by atoms with Gasteiger partial charge in [-0.3, -0.25) is 13.9 Å². The summed E-state index contributed by atoms with van der Waals surface area (Å²) in [4.78, 5) is 28.4. The number of nitrogens with one attached hydrogen (secondary N) is 1. The minimum absolute atomic E-state index is 0.0315. The highest BCUT2D eigenvalue weighted by atomic mass is 32.2. The molecule has 0 saturated carbocycles. The first-order valence-corrected chi connectivity index (χ1v) is 14.8. The van der Waals surface area contributed by atoms with Gasteiger partial charge < -0.3 is 10.2 Å². The van der Waals surface area contributed by atoms with Gasteiger partial charge in [-0.25, -0.2) is 12.8 Å². The van der Waals surface area contributed by atoms with E-state index in [0.29, 0.717) is 24.2 Å². The molecule has 2 amide bonds. The summed E-state index contributed by atoms with van der Waals surface area (Å²) in [5, 5.41) is 2.84. The molecule has 208 valence electrons. The maximum Gasteiger partial charge on any atom is 0.243 e. The van der Waals surface area contributed by atoms with Crippen LogP contribution in [-0.2, 0) is 32.6 Å². The minimum Gasteiger partial charge on any atom is -0.355 e. The lowest BCUT2D eigenvalue weighted by Gasteiger charge is -2.32. The van der Waals surface area contributed by atoms with Gasteiger partial charge in [0, 0.05) is 32.5 Å². The fourth-order valence-electron chi connectivity index (χ4n) is 4.46. The van der Waals surface area contributed by atoms with Gasteiger partial charge in [0.25, 0.3) is 0 Å². The normalized spacial score (nSPS) is 12.0. The molecule has 0 saturated heterocycles. The number of hydrogen-bond acceptors (Lipinski definition) is 4. The predicted octanol–water partition coefficient (Wildman–Crippen LogP) is 4.46. The molecule has 0 radical (unpaired) electrons. The fourth-order valence-corrected chi connectivity index (χ4v) is 5.48. The SMILES string of the molecule is CCNC(=O)C(Cc1ccccc1)N(Cc1ccc(F)cc1)C(=O)CCCN(c1ccccc1C)S(C)(=O)=O. The van der Waals surface area contributed by atoms with Crippen LogP contribution in [-0.4, -0.2) is 50.5 Å². The number of halogens is 1. The Morgan fingerprint density at radius 1 is 0.923 bits per heavy atom. The number of carbonyl (C=O) groups is 2. The maximum atomic E-state index is 13.7. The molecule has 0 aliphatic heterocycles. The van der Waals surface area contributed by atoms with Crippen LogP contribution in [0, 0.1) is 12.7 Å². The van der Waals surface area contributed by atoms with Gasteiger partial charge in [0.2, 0.25) is 21.8 Å². The molecule has 0 aliphatic carbocycles. The van der Waals surface area contributed by atoms with Crippen molar-refractivity contribution in [3.8, 4) is 0 Å². The van der Waals surface area contributed by atoms with Crippen molar-refractivity contribution in [2.45, 2.75) is 45.7 Å². The van der Waals surface area contributed by atoms with Crippen LogP contribution < -0.4 is 9.62 Å². The van der Waals surface area contributed by atoms with Crippen LogP contribution in [0.1, 0.15) is 36.5 Å². The van der Waals surface area contributed by atoms with E-state index in [-0.39, 0.29) is 37.7 Å². The predicted molar refractivity (Wildman–Crippen MR) is 152 cm³/mol.